The first-order chi connectivity index (χ1) is 14.1. The van der Waals surface area contributed by atoms with Crippen LogP contribution in [0.2, 0.25) is 0 Å². The van der Waals surface area contributed by atoms with Crippen molar-refractivity contribution in [3.05, 3.63) is 59.7 Å². The Balaban J connectivity index is 1.70. The summed E-state index contributed by atoms with van der Waals surface area (Å²) >= 11 is 0. The van der Waals surface area contributed by atoms with Crippen molar-refractivity contribution in [2.75, 3.05) is 26.2 Å². The highest BCUT2D eigenvalue weighted by Crippen LogP contribution is 2.40. The molecule has 0 saturated carbocycles. The lowest BCUT2D eigenvalue weighted by Crippen LogP contribution is -2.56. The van der Waals surface area contributed by atoms with Gasteiger partial charge in [-0.1, -0.05) is 49.4 Å². The van der Waals surface area contributed by atoms with Gasteiger partial charge in [-0.05, 0) is 37.9 Å². The van der Waals surface area contributed by atoms with E-state index >= 15 is 0 Å². The second kappa shape index (κ2) is 8.56. The maximum Gasteiger partial charge on any atom is 0.162 e. The Hall–Kier alpha value is -2.37. The first-order valence-electron chi connectivity index (χ1n) is 10.7. The van der Waals surface area contributed by atoms with Crippen LogP contribution in [0.4, 0.5) is 0 Å². The Labute approximate surface area is 173 Å². The summed E-state index contributed by atoms with van der Waals surface area (Å²) in [5, 5.41) is 14.7. The molecule has 0 unspecified atom stereocenters. The van der Waals surface area contributed by atoms with Crippen LogP contribution in [0.5, 0.6) is 11.5 Å². The molecule has 154 valence electrons. The molecular formula is C24H31N3O2. The molecule has 2 N–H and O–H groups in total. The summed E-state index contributed by atoms with van der Waals surface area (Å²) in [7, 11) is 0. The molecule has 0 aliphatic carbocycles. The van der Waals surface area contributed by atoms with Gasteiger partial charge in [0.05, 0.1) is 6.61 Å². The lowest BCUT2D eigenvalue weighted by molar-refractivity contribution is 0.129. The first-order valence-corrected chi connectivity index (χ1v) is 10.7. The predicted octanol–water partition coefficient (Wildman–Crippen LogP) is 4.13. The number of nitrogens with zero attached hydrogens (tertiary/aromatic N) is 2. The van der Waals surface area contributed by atoms with Gasteiger partial charge < -0.3 is 14.7 Å². The molecule has 2 aromatic rings. The number of phenolic OH excluding ortho intramolecular Hbond substituents is 1. The quantitative estimate of drug-likeness (QED) is 0.802. The lowest BCUT2D eigenvalue weighted by atomic mass is 9.87. The molecular weight excluding hydrogens is 362 g/mol. The van der Waals surface area contributed by atoms with Crippen LogP contribution in [0.25, 0.3) is 0 Å². The third kappa shape index (κ3) is 4.16. The SMILES string of the molecule is CCOc1cccc([C@@H]2CC(c3ccccc3)=NC3(CCN(CC)CC3)N2)c1O. The second-order valence-electron chi connectivity index (χ2n) is 7.92. The summed E-state index contributed by atoms with van der Waals surface area (Å²) in [4.78, 5) is 7.72. The average molecular weight is 394 g/mol. The summed E-state index contributed by atoms with van der Waals surface area (Å²) in [5.41, 5.74) is 2.88. The van der Waals surface area contributed by atoms with Gasteiger partial charge in [-0.15, -0.1) is 0 Å². The van der Waals surface area contributed by atoms with Gasteiger partial charge >= 0.3 is 0 Å². The van der Waals surface area contributed by atoms with E-state index in [-0.39, 0.29) is 17.5 Å². The van der Waals surface area contributed by atoms with Crippen LogP contribution >= 0.6 is 0 Å². The number of para-hydroxylation sites is 1. The van der Waals surface area contributed by atoms with Gasteiger partial charge in [-0.2, -0.15) is 0 Å². The summed E-state index contributed by atoms with van der Waals surface area (Å²) in [6.07, 6.45) is 2.69. The van der Waals surface area contributed by atoms with Gasteiger partial charge in [0.1, 0.15) is 5.66 Å². The molecule has 5 heteroatoms. The third-order valence-corrected chi connectivity index (χ3v) is 6.13. The van der Waals surface area contributed by atoms with Crippen molar-refractivity contribution in [1.82, 2.24) is 10.2 Å². The molecule has 0 bridgehead atoms. The predicted molar refractivity (Wildman–Crippen MR) is 117 cm³/mol. The largest absolute Gasteiger partial charge is 0.504 e. The van der Waals surface area contributed by atoms with Crippen LogP contribution in [0.3, 0.4) is 0 Å². The van der Waals surface area contributed by atoms with Crippen molar-refractivity contribution >= 4 is 5.71 Å². The fourth-order valence-corrected chi connectivity index (χ4v) is 4.49. The third-order valence-electron chi connectivity index (χ3n) is 6.13. The highest BCUT2D eigenvalue weighted by Gasteiger charge is 2.40. The number of hydrogen-bond donors (Lipinski definition) is 2. The maximum atomic E-state index is 10.9. The zero-order valence-electron chi connectivity index (χ0n) is 17.4. The van der Waals surface area contributed by atoms with Crippen LogP contribution in [0, 0.1) is 0 Å². The topological polar surface area (TPSA) is 57.1 Å². The molecule has 0 aromatic heterocycles. The van der Waals surface area contributed by atoms with Crippen LogP contribution < -0.4 is 10.1 Å². The van der Waals surface area contributed by atoms with Crippen LogP contribution in [0.15, 0.2) is 53.5 Å². The van der Waals surface area contributed by atoms with Gasteiger partial charge in [-0.25, -0.2) is 0 Å². The molecule has 5 nitrogen and oxygen atoms in total. The van der Waals surface area contributed by atoms with E-state index in [1.165, 1.54) is 0 Å². The van der Waals surface area contributed by atoms with Gasteiger partial charge in [0.15, 0.2) is 11.5 Å². The summed E-state index contributed by atoms with van der Waals surface area (Å²) in [6.45, 7) is 7.82. The highest BCUT2D eigenvalue weighted by atomic mass is 16.5. The van der Waals surface area contributed by atoms with Crippen LogP contribution in [-0.2, 0) is 0 Å². The number of rotatable bonds is 5. The number of aromatic hydroxyl groups is 1. The van der Waals surface area contributed by atoms with E-state index in [0.717, 1.165) is 55.7 Å². The standard InChI is InChI=1S/C24H31N3O2/c1-3-27-15-13-24(14-16-27)25-20(18-9-6-5-7-10-18)17-21(26-24)19-11-8-12-22(23(19)28)29-4-2/h5-12,21,26,28H,3-4,13-17H2,1-2H3/t21-/m0/s1. The van der Waals surface area contributed by atoms with E-state index in [4.69, 9.17) is 9.73 Å². The summed E-state index contributed by atoms with van der Waals surface area (Å²) in [5.74, 6) is 0.785. The lowest BCUT2D eigenvalue weighted by Gasteiger charge is -2.45. The Bertz CT molecular complexity index is 858. The van der Waals surface area contributed by atoms with Crippen LogP contribution in [0.1, 0.15) is 50.3 Å². The molecule has 4 rings (SSSR count). The smallest absolute Gasteiger partial charge is 0.162 e. The number of phenols is 1. The normalized spacial score (nSPS) is 21.7. The minimum Gasteiger partial charge on any atom is -0.504 e. The first kappa shape index (κ1) is 19.9. The molecule has 1 atom stereocenters. The molecule has 0 radical (unpaired) electrons. The zero-order chi connectivity index (χ0) is 20.3. The Kier molecular flexibility index (Phi) is 5.88. The number of ether oxygens (including phenoxy) is 1. The van der Waals surface area contributed by atoms with Crippen molar-refractivity contribution in [3.8, 4) is 11.5 Å². The minimum atomic E-state index is -0.284. The van der Waals surface area contributed by atoms with E-state index in [1.54, 1.807) is 0 Å². The Morgan fingerprint density at radius 3 is 2.55 bits per heavy atom. The molecule has 1 fully saturated rings. The Morgan fingerprint density at radius 2 is 1.86 bits per heavy atom. The Morgan fingerprint density at radius 1 is 1.10 bits per heavy atom. The van der Waals surface area contributed by atoms with Crippen molar-refractivity contribution in [3.63, 3.8) is 0 Å². The molecule has 2 aliphatic rings. The van der Waals surface area contributed by atoms with Crippen molar-refractivity contribution in [2.45, 2.75) is 44.8 Å². The number of aliphatic imine (C=N–C) groups is 1. The molecule has 2 aromatic carbocycles. The van der Waals surface area contributed by atoms with E-state index in [0.29, 0.717) is 12.4 Å². The molecule has 2 heterocycles. The van der Waals surface area contributed by atoms with Crippen LogP contribution in [-0.4, -0.2) is 47.6 Å². The molecule has 1 saturated heterocycles. The summed E-state index contributed by atoms with van der Waals surface area (Å²) < 4.78 is 5.63. The van der Waals surface area contributed by atoms with Gasteiger partial charge in [0, 0.05) is 36.8 Å². The van der Waals surface area contributed by atoms with Gasteiger partial charge in [-0.3, -0.25) is 10.3 Å². The molecule has 1 spiro atoms. The molecule has 2 aliphatic heterocycles. The van der Waals surface area contributed by atoms with E-state index in [9.17, 15) is 5.11 Å². The number of piperidine rings is 1. The van der Waals surface area contributed by atoms with Crippen molar-refractivity contribution < 1.29 is 9.84 Å². The fourth-order valence-electron chi connectivity index (χ4n) is 4.49. The van der Waals surface area contributed by atoms with Gasteiger partial charge in [0.2, 0.25) is 0 Å². The van der Waals surface area contributed by atoms with E-state index in [2.05, 4.69) is 41.4 Å². The summed E-state index contributed by atoms with van der Waals surface area (Å²) in [6, 6.07) is 16.2. The molecule has 0 amide bonds. The van der Waals surface area contributed by atoms with Crippen molar-refractivity contribution in [1.29, 1.82) is 0 Å². The molecule has 29 heavy (non-hydrogen) atoms. The fraction of sp³-hybridized carbons (Fsp3) is 0.458. The number of benzene rings is 2. The van der Waals surface area contributed by atoms with E-state index in [1.807, 2.05) is 31.2 Å². The zero-order valence-corrected chi connectivity index (χ0v) is 17.4. The van der Waals surface area contributed by atoms with Crippen molar-refractivity contribution in [2.24, 2.45) is 4.99 Å². The highest BCUT2D eigenvalue weighted by molar-refractivity contribution is 6.01. The second-order valence-corrected chi connectivity index (χ2v) is 7.92. The average Bonchev–Trinajstić information content (AvgIpc) is 2.76. The van der Waals surface area contributed by atoms with E-state index < -0.39 is 0 Å². The number of hydrogen-bond acceptors (Lipinski definition) is 5. The maximum absolute atomic E-state index is 10.9. The minimum absolute atomic E-state index is 0.00344. The number of nitrogens with one attached hydrogen (secondary N) is 1. The monoisotopic (exact) mass is 393 g/mol. The van der Waals surface area contributed by atoms with Gasteiger partial charge in [0.25, 0.3) is 0 Å². The number of likely N-dealkylation sites (tertiary alicyclic amines) is 1.